The van der Waals surface area contributed by atoms with Gasteiger partial charge in [-0.05, 0) is 31.4 Å². The third-order valence-corrected chi connectivity index (χ3v) is 7.86. The van der Waals surface area contributed by atoms with Crippen molar-refractivity contribution >= 4 is 15.9 Å². The van der Waals surface area contributed by atoms with Gasteiger partial charge in [-0.15, -0.1) is 0 Å². The molecule has 0 unspecified atom stereocenters. The third-order valence-electron chi connectivity index (χ3n) is 6.01. The van der Waals surface area contributed by atoms with E-state index < -0.39 is 10.0 Å². The molecule has 1 saturated carbocycles. The molecule has 1 aliphatic carbocycles. The van der Waals surface area contributed by atoms with Crippen LogP contribution in [0.4, 0.5) is 0 Å². The molecule has 2 aliphatic heterocycles. The summed E-state index contributed by atoms with van der Waals surface area (Å²) in [5.41, 5.74) is 0. The van der Waals surface area contributed by atoms with Crippen LogP contribution < -0.4 is 0 Å². The first-order valence-corrected chi connectivity index (χ1v) is 11.1. The fraction of sp³-hybridized carbons (Fsp3) is 0.632. The van der Waals surface area contributed by atoms with Crippen LogP contribution in [0.3, 0.4) is 0 Å². The molecule has 0 radical (unpaired) electrons. The van der Waals surface area contributed by atoms with Crippen LogP contribution >= 0.6 is 0 Å². The highest BCUT2D eigenvalue weighted by molar-refractivity contribution is 7.89. The Hall–Kier alpha value is -1.44. The maximum Gasteiger partial charge on any atom is 0.243 e. The van der Waals surface area contributed by atoms with Gasteiger partial charge < -0.3 is 4.90 Å². The van der Waals surface area contributed by atoms with Crippen LogP contribution in [0, 0.1) is 5.92 Å². The molecule has 26 heavy (non-hydrogen) atoms. The molecule has 0 atom stereocenters. The van der Waals surface area contributed by atoms with Crippen LogP contribution in [0.1, 0.15) is 25.7 Å². The van der Waals surface area contributed by atoms with Gasteiger partial charge in [-0.25, -0.2) is 8.42 Å². The monoisotopic (exact) mass is 377 g/mol. The topological polar surface area (TPSA) is 60.9 Å². The minimum Gasteiger partial charge on any atom is -0.341 e. The van der Waals surface area contributed by atoms with Gasteiger partial charge in [0.25, 0.3) is 0 Å². The number of sulfonamides is 1. The van der Waals surface area contributed by atoms with Crippen LogP contribution in [0.25, 0.3) is 0 Å². The molecule has 1 amide bonds. The summed E-state index contributed by atoms with van der Waals surface area (Å²) in [5.74, 6) is -0.0660. The fourth-order valence-electron chi connectivity index (χ4n) is 4.07. The lowest BCUT2D eigenvalue weighted by Crippen LogP contribution is -2.56. The van der Waals surface area contributed by atoms with Crippen LogP contribution in [0.15, 0.2) is 35.2 Å². The lowest BCUT2D eigenvalue weighted by atomic mass is 9.91. The van der Waals surface area contributed by atoms with Crippen molar-refractivity contribution in [1.29, 1.82) is 0 Å². The molecule has 7 heteroatoms. The van der Waals surface area contributed by atoms with E-state index >= 15 is 0 Å². The third kappa shape index (κ3) is 3.40. The van der Waals surface area contributed by atoms with Gasteiger partial charge in [0.15, 0.2) is 0 Å². The Bertz CT molecular complexity index is 743. The lowest BCUT2D eigenvalue weighted by Gasteiger charge is -2.39. The Morgan fingerprint density at radius 2 is 1.65 bits per heavy atom. The molecule has 4 rings (SSSR count). The number of hydrogen-bond acceptors (Lipinski definition) is 4. The molecular formula is C19H27N3O3S. The molecule has 1 aromatic rings. The molecule has 0 spiro atoms. The van der Waals surface area contributed by atoms with E-state index in [9.17, 15) is 13.2 Å². The number of nitrogens with zero attached hydrogens (tertiary/aromatic N) is 3. The van der Waals surface area contributed by atoms with E-state index in [0.717, 1.165) is 38.6 Å². The van der Waals surface area contributed by atoms with E-state index in [1.807, 2.05) is 4.90 Å². The fourth-order valence-corrected chi connectivity index (χ4v) is 5.62. The van der Waals surface area contributed by atoms with E-state index in [0.29, 0.717) is 18.0 Å². The molecule has 3 fully saturated rings. The van der Waals surface area contributed by atoms with Gasteiger partial charge in [0.1, 0.15) is 0 Å². The minimum absolute atomic E-state index is 0.125. The van der Waals surface area contributed by atoms with Gasteiger partial charge in [-0.1, -0.05) is 24.6 Å². The standard InChI is InChI=1S/C19H27N3O3S/c23-19(21-11-5-10-20(12-13-21)17-6-4-7-17)16-14-22(15-16)26(24,25)18-8-2-1-3-9-18/h1-3,8-9,16-17H,4-7,10-15H2. The second-order valence-electron chi connectivity index (χ2n) is 7.63. The van der Waals surface area contributed by atoms with Crippen molar-refractivity contribution in [2.75, 3.05) is 39.3 Å². The van der Waals surface area contributed by atoms with E-state index in [1.165, 1.54) is 23.6 Å². The van der Waals surface area contributed by atoms with Gasteiger partial charge in [-0.2, -0.15) is 4.31 Å². The van der Waals surface area contributed by atoms with Crippen molar-refractivity contribution < 1.29 is 13.2 Å². The molecule has 6 nitrogen and oxygen atoms in total. The number of rotatable bonds is 4. The van der Waals surface area contributed by atoms with Crippen molar-refractivity contribution in [2.24, 2.45) is 5.92 Å². The highest BCUT2D eigenvalue weighted by Crippen LogP contribution is 2.28. The normalized spacial score (nSPS) is 23.9. The van der Waals surface area contributed by atoms with Crippen molar-refractivity contribution in [3.63, 3.8) is 0 Å². The van der Waals surface area contributed by atoms with E-state index in [4.69, 9.17) is 0 Å². The first-order chi connectivity index (χ1) is 12.6. The molecular weight excluding hydrogens is 350 g/mol. The Morgan fingerprint density at radius 3 is 2.31 bits per heavy atom. The average Bonchev–Trinajstić information content (AvgIpc) is 2.78. The van der Waals surface area contributed by atoms with Gasteiger partial charge >= 0.3 is 0 Å². The van der Waals surface area contributed by atoms with Crippen LogP contribution in [0.2, 0.25) is 0 Å². The summed E-state index contributed by atoms with van der Waals surface area (Å²) in [5, 5.41) is 0. The van der Waals surface area contributed by atoms with Crippen LogP contribution in [0.5, 0.6) is 0 Å². The predicted octanol–water partition coefficient (Wildman–Crippen LogP) is 1.39. The zero-order chi connectivity index (χ0) is 18.1. The smallest absolute Gasteiger partial charge is 0.243 e. The largest absolute Gasteiger partial charge is 0.341 e. The summed E-state index contributed by atoms with van der Waals surface area (Å²) in [6.07, 6.45) is 4.93. The Morgan fingerprint density at radius 1 is 0.923 bits per heavy atom. The maximum atomic E-state index is 12.8. The number of carbonyl (C=O) groups excluding carboxylic acids is 1. The van der Waals surface area contributed by atoms with Gasteiger partial charge in [-0.3, -0.25) is 9.69 Å². The average molecular weight is 378 g/mol. The van der Waals surface area contributed by atoms with Crippen molar-refractivity contribution in [1.82, 2.24) is 14.1 Å². The summed E-state index contributed by atoms with van der Waals surface area (Å²) < 4.78 is 26.6. The van der Waals surface area contributed by atoms with Crippen molar-refractivity contribution in [2.45, 2.75) is 36.6 Å². The summed E-state index contributed by atoms with van der Waals surface area (Å²) >= 11 is 0. The molecule has 0 bridgehead atoms. The number of benzene rings is 1. The number of amides is 1. The SMILES string of the molecule is O=C(C1CN(S(=O)(=O)c2ccccc2)C1)N1CCCN(C2CCC2)CC1. The summed E-state index contributed by atoms with van der Waals surface area (Å²) in [6, 6.07) is 9.18. The van der Waals surface area contributed by atoms with Crippen LogP contribution in [-0.4, -0.2) is 73.7 Å². The first kappa shape index (κ1) is 17.9. The van der Waals surface area contributed by atoms with Gasteiger partial charge in [0.2, 0.25) is 15.9 Å². The highest BCUT2D eigenvalue weighted by atomic mass is 32.2. The Labute approximate surface area is 155 Å². The number of carbonyl (C=O) groups is 1. The molecule has 2 saturated heterocycles. The molecule has 2 heterocycles. The first-order valence-electron chi connectivity index (χ1n) is 9.64. The molecule has 3 aliphatic rings. The maximum absolute atomic E-state index is 12.8. The summed E-state index contributed by atoms with van der Waals surface area (Å²) in [6.45, 7) is 4.21. The summed E-state index contributed by atoms with van der Waals surface area (Å²) in [4.78, 5) is 17.6. The molecule has 0 aromatic heterocycles. The highest BCUT2D eigenvalue weighted by Gasteiger charge is 2.42. The zero-order valence-electron chi connectivity index (χ0n) is 15.1. The van der Waals surface area contributed by atoms with Gasteiger partial charge in [0.05, 0.1) is 10.8 Å². The second kappa shape index (κ2) is 7.29. The summed E-state index contributed by atoms with van der Waals surface area (Å²) in [7, 11) is -3.47. The van der Waals surface area contributed by atoms with E-state index in [2.05, 4.69) is 4.90 Å². The lowest BCUT2D eigenvalue weighted by molar-refractivity contribution is -0.138. The minimum atomic E-state index is -3.47. The molecule has 142 valence electrons. The molecule has 0 N–H and O–H groups in total. The van der Waals surface area contributed by atoms with Crippen molar-refractivity contribution in [3.8, 4) is 0 Å². The van der Waals surface area contributed by atoms with Crippen molar-refractivity contribution in [3.05, 3.63) is 30.3 Å². The van der Waals surface area contributed by atoms with Crippen LogP contribution in [-0.2, 0) is 14.8 Å². The molecule has 1 aromatic carbocycles. The number of hydrogen-bond donors (Lipinski definition) is 0. The Balaban J connectivity index is 1.32. The van der Waals surface area contributed by atoms with Gasteiger partial charge in [0, 0.05) is 45.3 Å². The van der Waals surface area contributed by atoms with E-state index in [-0.39, 0.29) is 11.8 Å². The Kier molecular flexibility index (Phi) is 5.03. The quantitative estimate of drug-likeness (QED) is 0.796. The van der Waals surface area contributed by atoms with E-state index in [1.54, 1.807) is 30.3 Å². The zero-order valence-corrected chi connectivity index (χ0v) is 15.9. The second-order valence-corrected chi connectivity index (χ2v) is 9.57. The predicted molar refractivity (Wildman–Crippen MR) is 99.1 cm³/mol.